The number of hydrogen-bond donors (Lipinski definition) is 1. The summed E-state index contributed by atoms with van der Waals surface area (Å²) in [5.41, 5.74) is 2.41. The third kappa shape index (κ3) is 5.30. The lowest BCUT2D eigenvalue weighted by atomic mass is 9.96. The van der Waals surface area contributed by atoms with E-state index in [9.17, 15) is 9.90 Å². The van der Waals surface area contributed by atoms with Gasteiger partial charge in [0.2, 0.25) is 5.91 Å². The minimum Gasteiger partial charge on any atom is -0.491 e. The number of benzene rings is 1. The smallest absolute Gasteiger partial charge is 0.227 e. The molecule has 1 aromatic heterocycles. The van der Waals surface area contributed by atoms with Gasteiger partial charge in [0.25, 0.3) is 0 Å². The second-order valence-corrected chi connectivity index (χ2v) is 7.53. The van der Waals surface area contributed by atoms with Crippen LogP contribution in [-0.4, -0.2) is 46.2 Å². The second-order valence-electron chi connectivity index (χ2n) is 7.53. The molecular weight excluding hydrogens is 340 g/mol. The maximum atomic E-state index is 12.6. The number of aromatic nitrogens is 1. The van der Waals surface area contributed by atoms with Crippen LogP contribution < -0.4 is 4.74 Å². The molecule has 2 heterocycles. The fourth-order valence-electron chi connectivity index (χ4n) is 3.38. The molecule has 1 aromatic carbocycles. The normalized spacial score (nSPS) is 20.2. The van der Waals surface area contributed by atoms with Crippen LogP contribution in [0.5, 0.6) is 5.75 Å². The number of amides is 1. The van der Waals surface area contributed by atoms with Gasteiger partial charge >= 0.3 is 0 Å². The van der Waals surface area contributed by atoms with Crippen LogP contribution in [0.4, 0.5) is 0 Å². The SMILES string of the molecule is Cc1ccc(OCC2(O)CCCN(C(=O)Cc3cccnc3)CC2)cc1C. The average Bonchev–Trinajstić information content (AvgIpc) is 2.86. The van der Waals surface area contributed by atoms with Crippen LogP contribution in [0.25, 0.3) is 0 Å². The van der Waals surface area contributed by atoms with Crippen LogP contribution >= 0.6 is 0 Å². The van der Waals surface area contributed by atoms with Gasteiger partial charge in [-0.15, -0.1) is 0 Å². The Morgan fingerprint density at radius 3 is 2.81 bits per heavy atom. The van der Waals surface area contributed by atoms with E-state index in [1.54, 1.807) is 12.4 Å². The fourth-order valence-corrected chi connectivity index (χ4v) is 3.38. The Morgan fingerprint density at radius 1 is 1.22 bits per heavy atom. The highest BCUT2D eigenvalue weighted by molar-refractivity contribution is 5.78. The monoisotopic (exact) mass is 368 g/mol. The van der Waals surface area contributed by atoms with E-state index in [0.29, 0.717) is 32.4 Å². The maximum Gasteiger partial charge on any atom is 0.227 e. The van der Waals surface area contributed by atoms with Crippen molar-refractivity contribution in [3.8, 4) is 5.75 Å². The lowest BCUT2D eigenvalue weighted by Crippen LogP contribution is -2.38. The number of aliphatic hydroxyl groups is 1. The quantitative estimate of drug-likeness (QED) is 0.881. The molecule has 2 aromatic rings. The first-order valence-electron chi connectivity index (χ1n) is 9.54. The number of hydrogen-bond acceptors (Lipinski definition) is 4. The van der Waals surface area contributed by atoms with Crippen molar-refractivity contribution in [2.45, 2.75) is 45.1 Å². The summed E-state index contributed by atoms with van der Waals surface area (Å²) in [6.07, 6.45) is 5.71. The number of ether oxygens (including phenoxy) is 1. The Bertz CT molecular complexity index is 778. The summed E-state index contributed by atoms with van der Waals surface area (Å²) >= 11 is 0. The van der Waals surface area contributed by atoms with E-state index in [1.807, 2.05) is 42.2 Å². The van der Waals surface area contributed by atoms with Crippen LogP contribution in [0, 0.1) is 13.8 Å². The number of likely N-dealkylation sites (tertiary alicyclic amines) is 1. The molecule has 1 unspecified atom stereocenters. The van der Waals surface area contributed by atoms with E-state index in [2.05, 4.69) is 11.9 Å². The standard InChI is InChI=1S/C22H28N2O3/c1-17-6-7-20(13-18(17)2)27-16-22(26)8-4-11-24(12-9-22)21(25)14-19-5-3-10-23-15-19/h3,5-7,10,13,15,26H,4,8-9,11-12,14,16H2,1-2H3. The van der Waals surface area contributed by atoms with Gasteiger partial charge in [0.05, 0.1) is 6.42 Å². The largest absolute Gasteiger partial charge is 0.491 e. The summed E-state index contributed by atoms with van der Waals surface area (Å²) in [7, 11) is 0. The summed E-state index contributed by atoms with van der Waals surface area (Å²) in [5, 5.41) is 11.0. The molecule has 144 valence electrons. The van der Waals surface area contributed by atoms with Crippen molar-refractivity contribution >= 4 is 5.91 Å². The van der Waals surface area contributed by atoms with E-state index in [1.165, 1.54) is 11.1 Å². The zero-order chi connectivity index (χ0) is 19.3. The first-order chi connectivity index (χ1) is 13.0. The molecule has 0 spiro atoms. The van der Waals surface area contributed by atoms with Crippen molar-refractivity contribution in [1.82, 2.24) is 9.88 Å². The topological polar surface area (TPSA) is 62.7 Å². The van der Waals surface area contributed by atoms with Gasteiger partial charge in [-0.3, -0.25) is 9.78 Å². The zero-order valence-corrected chi connectivity index (χ0v) is 16.1. The summed E-state index contributed by atoms with van der Waals surface area (Å²) in [6.45, 7) is 5.58. The fraction of sp³-hybridized carbons (Fsp3) is 0.455. The molecule has 0 bridgehead atoms. The molecule has 5 nitrogen and oxygen atoms in total. The van der Waals surface area contributed by atoms with Crippen LogP contribution in [0.3, 0.4) is 0 Å². The lowest BCUT2D eigenvalue weighted by Gasteiger charge is -2.27. The van der Waals surface area contributed by atoms with Crippen molar-refractivity contribution in [3.63, 3.8) is 0 Å². The highest BCUT2D eigenvalue weighted by atomic mass is 16.5. The van der Waals surface area contributed by atoms with Crippen LogP contribution in [0.1, 0.15) is 36.0 Å². The number of aryl methyl sites for hydroxylation is 2. The third-order valence-electron chi connectivity index (χ3n) is 5.33. The van der Waals surface area contributed by atoms with Crippen LogP contribution in [0.2, 0.25) is 0 Å². The highest BCUT2D eigenvalue weighted by Gasteiger charge is 2.32. The van der Waals surface area contributed by atoms with Gasteiger partial charge in [-0.05, 0) is 68.0 Å². The zero-order valence-electron chi connectivity index (χ0n) is 16.1. The minimum absolute atomic E-state index is 0.0855. The van der Waals surface area contributed by atoms with Gasteiger partial charge in [0.1, 0.15) is 18.0 Å². The summed E-state index contributed by atoms with van der Waals surface area (Å²) in [6, 6.07) is 9.72. The van der Waals surface area contributed by atoms with Gasteiger partial charge < -0.3 is 14.7 Å². The van der Waals surface area contributed by atoms with E-state index >= 15 is 0 Å². The molecule has 0 saturated carbocycles. The predicted octanol–water partition coefficient (Wildman–Crippen LogP) is 3.06. The molecular formula is C22H28N2O3. The second kappa shape index (κ2) is 8.53. The average molecular weight is 368 g/mol. The van der Waals surface area contributed by atoms with Crippen molar-refractivity contribution in [2.75, 3.05) is 19.7 Å². The van der Waals surface area contributed by atoms with Crippen LogP contribution in [0.15, 0.2) is 42.7 Å². The molecule has 1 atom stereocenters. The number of pyridine rings is 1. The van der Waals surface area contributed by atoms with Gasteiger partial charge in [-0.2, -0.15) is 0 Å². The Balaban J connectivity index is 1.54. The number of nitrogens with zero attached hydrogens (tertiary/aromatic N) is 2. The summed E-state index contributed by atoms with van der Waals surface area (Å²) in [4.78, 5) is 18.5. The van der Waals surface area contributed by atoms with Gasteiger partial charge in [0.15, 0.2) is 0 Å². The number of rotatable bonds is 5. The molecule has 5 heteroatoms. The Morgan fingerprint density at radius 2 is 2.07 bits per heavy atom. The van der Waals surface area contributed by atoms with Crippen LogP contribution in [-0.2, 0) is 11.2 Å². The first kappa shape index (κ1) is 19.4. The number of carbonyl (C=O) groups is 1. The Kier molecular flexibility index (Phi) is 6.11. The lowest BCUT2D eigenvalue weighted by molar-refractivity contribution is -0.130. The van der Waals surface area contributed by atoms with Crippen molar-refractivity contribution < 1.29 is 14.6 Å². The molecule has 1 fully saturated rings. The van der Waals surface area contributed by atoms with E-state index in [0.717, 1.165) is 17.7 Å². The Labute approximate surface area is 161 Å². The number of carbonyl (C=O) groups excluding carboxylic acids is 1. The van der Waals surface area contributed by atoms with Gasteiger partial charge in [-0.25, -0.2) is 0 Å². The molecule has 1 N–H and O–H groups in total. The van der Waals surface area contributed by atoms with E-state index in [4.69, 9.17) is 4.74 Å². The van der Waals surface area contributed by atoms with Crippen molar-refractivity contribution in [3.05, 3.63) is 59.4 Å². The Hall–Kier alpha value is -2.40. The first-order valence-corrected chi connectivity index (χ1v) is 9.54. The molecule has 0 radical (unpaired) electrons. The van der Waals surface area contributed by atoms with Crippen molar-refractivity contribution in [1.29, 1.82) is 0 Å². The summed E-state index contributed by atoms with van der Waals surface area (Å²) < 4.78 is 5.87. The molecule has 3 rings (SSSR count). The molecule has 1 aliphatic rings. The van der Waals surface area contributed by atoms with Gasteiger partial charge in [0, 0.05) is 25.5 Å². The van der Waals surface area contributed by atoms with Gasteiger partial charge in [-0.1, -0.05) is 12.1 Å². The summed E-state index contributed by atoms with van der Waals surface area (Å²) in [5.74, 6) is 0.864. The maximum absolute atomic E-state index is 12.6. The minimum atomic E-state index is -0.901. The molecule has 0 aliphatic carbocycles. The molecule has 1 amide bonds. The van der Waals surface area contributed by atoms with E-state index < -0.39 is 5.60 Å². The van der Waals surface area contributed by atoms with Crippen molar-refractivity contribution in [2.24, 2.45) is 0 Å². The molecule has 1 saturated heterocycles. The highest BCUT2D eigenvalue weighted by Crippen LogP contribution is 2.25. The molecule has 1 aliphatic heterocycles. The molecule has 27 heavy (non-hydrogen) atoms. The van der Waals surface area contributed by atoms with E-state index in [-0.39, 0.29) is 12.5 Å². The predicted molar refractivity (Wildman–Crippen MR) is 105 cm³/mol. The third-order valence-corrected chi connectivity index (χ3v) is 5.33.